The molecule has 0 aromatic rings. The van der Waals surface area contributed by atoms with Crippen molar-refractivity contribution in [1.29, 1.82) is 0 Å². The van der Waals surface area contributed by atoms with Crippen LogP contribution in [0.2, 0.25) is 0 Å². The Bertz CT molecular complexity index is 268. The van der Waals surface area contributed by atoms with Crippen LogP contribution in [0.15, 0.2) is 0 Å². The molecule has 0 radical (unpaired) electrons. The van der Waals surface area contributed by atoms with Gasteiger partial charge >= 0.3 is 24.2 Å². The van der Waals surface area contributed by atoms with Crippen molar-refractivity contribution in [1.82, 2.24) is 10.0 Å². The smallest absolute Gasteiger partial charge is 0.262 e. The van der Waals surface area contributed by atoms with Crippen LogP contribution in [0.1, 0.15) is 0 Å². The van der Waals surface area contributed by atoms with Crippen LogP contribution in [0.4, 0.5) is 26.3 Å². The summed E-state index contributed by atoms with van der Waals surface area (Å²) in [4.78, 5) is 21.1. The first-order valence-corrected chi connectivity index (χ1v) is 3.58. The highest BCUT2D eigenvalue weighted by Crippen LogP contribution is 2.24. The van der Waals surface area contributed by atoms with E-state index < -0.39 is 29.2 Å². The van der Waals surface area contributed by atoms with Crippen LogP contribution in [0.3, 0.4) is 0 Å². The fourth-order valence-electron chi connectivity index (χ4n) is 0.696. The second-order valence-electron chi connectivity index (χ2n) is 2.76. The summed E-state index contributed by atoms with van der Waals surface area (Å²) >= 11 is 0. The van der Waals surface area contributed by atoms with Gasteiger partial charge in [-0.3, -0.25) is 9.59 Å². The van der Waals surface area contributed by atoms with Gasteiger partial charge in [0.15, 0.2) is 0 Å². The highest BCUT2D eigenvalue weighted by atomic mass is 19.4. The molecule has 0 atom stereocenters. The highest BCUT2D eigenvalue weighted by molar-refractivity contribution is 5.99. The molecule has 0 saturated heterocycles. The Hall–Kier alpha value is -1.32. The summed E-state index contributed by atoms with van der Waals surface area (Å²) < 4.78 is 71.2. The van der Waals surface area contributed by atoms with E-state index in [4.69, 9.17) is 0 Å². The average molecular weight is 252 g/mol. The molecule has 0 bridgehead atoms. The molecule has 10 heteroatoms. The summed E-state index contributed by atoms with van der Waals surface area (Å²) in [5, 5.41) is -0.925. The van der Waals surface area contributed by atoms with E-state index in [-0.39, 0.29) is 5.01 Å². The van der Waals surface area contributed by atoms with E-state index in [2.05, 4.69) is 0 Å². The Morgan fingerprint density at radius 3 is 1.19 bits per heavy atom. The summed E-state index contributed by atoms with van der Waals surface area (Å²) in [7, 11) is 1.40. The van der Waals surface area contributed by atoms with Gasteiger partial charge in [-0.05, 0) is 0 Å². The zero-order chi connectivity index (χ0) is 13.3. The molecule has 0 aromatic heterocycles. The minimum atomic E-state index is -5.56. The van der Waals surface area contributed by atoms with E-state index in [0.717, 1.165) is 0 Å². The first-order chi connectivity index (χ1) is 6.89. The molecule has 0 aliphatic carbocycles. The molecule has 0 rings (SSSR count). The predicted octanol–water partition coefficient (Wildman–Crippen LogP) is 0.943. The van der Waals surface area contributed by atoms with Gasteiger partial charge in [-0.25, -0.2) is 5.01 Å². The molecule has 0 saturated carbocycles. The molecule has 0 aromatic carbocycles. The summed E-state index contributed by atoms with van der Waals surface area (Å²) in [6.07, 6.45) is -11.1. The number of hydrogen-bond donors (Lipinski definition) is 0. The molecule has 0 N–H and O–H groups in total. The zero-order valence-corrected chi connectivity index (χ0v) is 7.98. The Morgan fingerprint density at radius 2 is 1.06 bits per heavy atom. The van der Waals surface area contributed by atoms with Crippen molar-refractivity contribution in [3.8, 4) is 0 Å². The molecule has 94 valence electrons. The Kier molecular flexibility index (Phi) is 3.92. The van der Waals surface area contributed by atoms with Crippen LogP contribution in [0.5, 0.6) is 0 Å². The quantitative estimate of drug-likeness (QED) is 0.515. The number of nitrogens with zero attached hydrogens (tertiary/aromatic N) is 2. The third-order valence-corrected chi connectivity index (χ3v) is 1.27. The molecule has 0 fully saturated rings. The number of rotatable bonds is 1. The Balaban J connectivity index is 5.21. The summed E-state index contributed by atoms with van der Waals surface area (Å²) in [6.45, 7) is 0. The van der Waals surface area contributed by atoms with Crippen LogP contribution in [0.25, 0.3) is 0 Å². The normalized spacial score (nSPS) is 12.8. The number of carbonyl (C=O) groups excluding carboxylic acids is 2. The molecule has 4 nitrogen and oxygen atoms in total. The fraction of sp³-hybridized carbons (Fsp3) is 0.667. The van der Waals surface area contributed by atoms with Crippen LogP contribution in [-0.2, 0) is 9.59 Å². The van der Waals surface area contributed by atoms with Gasteiger partial charge in [0.05, 0.1) is 0 Å². The first kappa shape index (κ1) is 14.7. The van der Waals surface area contributed by atoms with E-state index in [1.807, 2.05) is 0 Å². The van der Waals surface area contributed by atoms with Crippen molar-refractivity contribution in [2.75, 3.05) is 14.1 Å². The summed E-state index contributed by atoms with van der Waals surface area (Å²) in [6, 6.07) is 0. The fourth-order valence-corrected chi connectivity index (χ4v) is 0.696. The van der Waals surface area contributed by atoms with E-state index in [1.165, 1.54) is 0 Å². The van der Waals surface area contributed by atoms with E-state index >= 15 is 0 Å². The minimum absolute atomic E-state index is 0.103. The molecule has 0 unspecified atom stereocenters. The third-order valence-electron chi connectivity index (χ3n) is 1.27. The molecule has 2 amide bonds. The van der Waals surface area contributed by atoms with Gasteiger partial charge in [0, 0.05) is 14.1 Å². The monoisotopic (exact) mass is 252 g/mol. The Labute approximate surface area is 85.4 Å². The third kappa shape index (κ3) is 3.36. The number of hydrazine groups is 1. The number of halogens is 6. The maximum absolute atomic E-state index is 11.9. The molecule has 0 heterocycles. The lowest BCUT2D eigenvalue weighted by molar-refractivity contribution is -0.219. The van der Waals surface area contributed by atoms with E-state index in [1.54, 1.807) is 0 Å². The lowest BCUT2D eigenvalue weighted by Gasteiger charge is -2.27. The average Bonchev–Trinajstić information content (AvgIpc) is 1.99. The van der Waals surface area contributed by atoms with Gasteiger partial charge in [-0.15, -0.1) is 0 Å². The predicted molar refractivity (Wildman–Crippen MR) is 37.7 cm³/mol. The molecule has 0 spiro atoms. The number of hydrogen-bond acceptors (Lipinski definition) is 3. The lowest BCUT2D eigenvalue weighted by Crippen LogP contribution is -2.55. The highest BCUT2D eigenvalue weighted by Gasteiger charge is 2.53. The van der Waals surface area contributed by atoms with Crippen molar-refractivity contribution >= 4 is 11.8 Å². The van der Waals surface area contributed by atoms with Gasteiger partial charge in [-0.2, -0.15) is 31.4 Å². The minimum Gasteiger partial charge on any atom is -0.262 e. The maximum Gasteiger partial charge on any atom is 0.473 e. The second kappa shape index (κ2) is 4.28. The van der Waals surface area contributed by atoms with Gasteiger partial charge < -0.3 is 0 Å². The van der Waals surface area contributed by atoms with Crippen LogP contribution >= 0.6 is 0 Å². The maximum atomic E-state index is 11.9. The van der Waals surface area contributed by atoms with Gasteiger partial charge in [0.25, 0.3) is 0 Å². The van der Waals surface area contributed by atoms with E-state index in [9.17, 15) is 35.9 Å². The molecule has 0 aliphatic heterocycles. The second-order valence-corrected chi connectivity index (χ2v) is 2.76. The number of alkyl halides is 6. The summed E-state index contributed by atoms with van der Waals surface area (Å²) in [5.74, 6) is -5.81. The van der Waals surface area contributed by atoms with Gasteiger partial charge in [0.2, 0.25) is 0 Å². The zero-order valence-electron chi connectivity index (χ0n) is 7.98. The van der Waals surface area contributed by atoms with Gasteiger partial charge in [-0.1, -0.05) is 0 Å². The van der Waals surface area contributed by atoms with Crippen LogP contribution < -0.4 is 0 Å². The topological polar surface area (TPSA) is 40.6 Å². The van der Waals surface area contributed by atoms with Crippen LogP contribution in [0, 0.1) is 0 Å². The van der Waals surface area contributed by atoms with Crippen molar-refractivity contribution in [2.45, 2.75) is 12.4 Å². The molecule has 0 aliphatic rings. The SMILES string of the molecule is CN(C)N(C(=O)C(F)(F)F)C(=O)C(F)(F)F. The number of amides is 2. The van der Waals surface area contributed by atoms with Crippen molar-refractivity contribution in [3.63, 3.8) is 0 Å². The lowest BCUT2D eigenvalue weighted by atomic mass is 10.5. The number of carbonyl (C=O) groups is 2. The summed E-state index contributed by atoms with van der Waals surface area (Å²) in [5.41, 5.74) is 0. The van der Waals surface area contributed by atoms with E-state index in [0.29, 0.717) is 14.1 Å². The first-order valence-electron chi connectivity index (χ1n) is 3.58. The Morgan fingerprint density at radius 1 is 0.812 bits per heavy atom. The van der Waals surface area contributed by atoms with Crippen molar-refractivity contribution < 1.29 is 35.9 Å². The largest absolute Gasteiger partial charge is 0.473 e. The molecule has 16 heavy (non-hydrogen) atoms. The standard InChI is InChI=1S/C6H6F6N2O2/c1-13(2)14(3(15)5(7,8)9)4(16)6(10,11)12/h1-2H3. The van der Waals surface area contributed by atoms with Crippen molar-refractivity contribution in [3.05, 3.63) is 0 Å². The molecular formula is C6H6F6N2O2. The van der Waals surface area contributed by atoms with Crippen LogP contribution in [-0.4, -0.2) is 48.3 Å². The van der Waals surface area contributed by atoms with Gasteiger partial charge in [0.1, 0.15) is 0 Å². The van der Waals surface area contributed by atoms with Crippen molar-refractivity contribution in [2.24, 2.45) is 0 Å². The number of imide groups is 1. The molecular weight excluding hydrogens is 246 g/mol.